The van der Waals surface area contributed by atoms with Gasteiger partial charge in [-0.2, -0.15) is 0 Å². The third-order valence-corrected chi connectivity index (χ3v) is 5.28. The summed E-state index contributed by atoms with van der Waals surface area (Å²) in [6.07, 6.45) is 9.73. The van der Waals surface area contributed by atoms with Crippen LogP contribution < -0.4 is 29.6 Å². The van der Waals surface area contributed by atoms with E-state index in [4.69, 9.17) is 0 Å². The van der Waals surface area contributed by atoms with Crippen LogP contribution in [0.3, 0.4) is 0 Å². The minimum Gasteiger partial charge on any atom is -0.748 e. The largest absolute Gasteiger partial charge is 1.00 e. The molecule has 128 valence electrons. The molecule has 2 unspecified atom stereocenters. The van der Waals surface area contributed by atoms with Crippen LogP contribution in [0.15, 0.2) is 0 Å². The molecule has 0 bridgehead atoms. The molecule has 0 saturated carbocycles. The van der Waals surface area contributed by atoms with Gasteiger partial charge in [0.25, 0.3) is 0 Å². The molecule has 0 fully saturated rings. The van der Waals surface area contributed by atoms with Crippen LogP contribution in [-0.2, 0) is 10.1 Å². The van der Waals surface area contributed by atoms with Gasteiger partial charge < -0.3 is 9.66 Å². The number of aliphatic hydroxyl groups is 1. The SMILES string of the molecule is CCCCCCC(CCCC(O)CCCCC)S(=O)(=O)[O-].[Na+]. The van der Waals surface area contributed by atoms with Crippen molar-refractivity contribution < 1.29 is 47.6 Å². The Balaban J connectivity index is 0. The molecule has 0 radical (unpaired) electrons. The molecular formula is C16H33NaO4S. The molecule has 0 aliphatic carbocycles. The van der Waals surface area contributed by atoms with Gasteiger partial charge in [0.2, 0.25) is 0 Å². The van der Waals surface area contributed by atoms with E-state index in [1.807, 2.05) is 0 Å². The maximum absolute atomic E-state index is 11.3. The van der Waals surface area contributed by atoms with Crippen molar-refractivity contribution in [2.24, 2.45) is 0 Å². The average molecular weight is 344 g/mol. The molecule has 0 aromatic carbocycles. The van der Waals surface area contributed by atoms with E-state index in [2.05, 4.69) is 13.8 Å². The normalized spacial score (nSPS) is 14.4. The van der Waals surface area contributed by atoms with Gasteiger partial charge in [0.05, 0.1) is 16.2 Å². The molecule has 0 aromatic rings. The maximum atomic E-state index is 11.3. The summed E-state index contributed by atoms with van der Waals surface area (Å²) in [4.78, 5) is 0. The number of rotatable bonds is 14. The van der Waals surface area contributed by atoms with E-state index in [0.717, 1.165) is 51.4 Å². The molecule has 0 saturated heterocycles. The monoisotopic (exact) mass is 344 g/mol. The molecule has 0 aliphatic rings. The Bertz CT molecular complexity index is 333. The van der Waals surface area contributed by atoms with Crippen molar-refractivity contribution in [2.45, 2.75) is 102 Å². The van der Waals surface area contributed by atoms with Crippen LogP contribution >= 0.6 is 0 Å². The second-order valence-electron chi connectivity index (χ2n) is 6.04. The Labute approximate surface area is 159 Å². The number of unbranched alkanes of at least 4 members (excludes halogenated alkanes) is 5. The Morgan fingerprint density at radius 2 is 1.27 bits per heavy atom. The molecular weight excluding hydrogens is 311 g/mol. The summed E-state index contributed by atoms with van der Waals surface area (Å²) >= 11 is 0. The van der Waals surface area contributed by atoms with Crippen LogP contribution in [0.4, 0.5) is 0 Å². The van der Waals surface area contributed by atoms with Gasteiger partial charge in [0.1, 0.15) is 0 Å². The zero-order chi connectivity index (χ0) is 16.1. The molecule has 0 rings (SSSR count). The third kappa shape index (κ3) is 14.5. The van der Waals surface area contributed by atoms with Crippen molar-refractivity contribution in [1.29, 1.82) is 0 Å². The predicted octanol–water partition coefficient (Wildman–Crippen LogP) is 0.986. The van der Waals surface area contributed by atoms with E-state index in [9.17, 15) is 18.1 Å². The summed E-state index contributed by atoms with van der Waals surface area (Å²) in [5, 5.41) is 9.04. The maximum Gasteiger partial charge on any atom is 1.00 e. The molecule has 6 heteroatoms. The van der Waals surface area contributed by atoms with Crippen LogP contribution in [0, 0.1) is 0 Å². The summed E-state index contributed by atoms with van der Waals surface area (Å²) in [5.41, 5.74) is 0. The molecule has 0 heterocycles. The Morgan fingerprint density at radius 3 is 1.82 bits per heavy atom. The molecule has 0 amide bonds. The van der Waals surface area contributed by atoms with Crippen LogP contribution in [0.1, 0.15) is 90.9 Å². The third-order valence-electron chi connectivity index (χ3n) is 3.99. The van der Waals surface area contributed by atoms with E-state index in [0.29, 0.717) is 25.7 Å². The molecule has 4 nitrogen and oxygen atoms in total. The standard InChI is InChI=1S/C16H34O4S.Na/c1-3-5-7-9-13-16(21(18,19)20)14-10-12-15(17)11-8-6-4-2;/h15-17H,3-14H2,1-2H3,(H,18,19,20);/q;+1/p-1. The summed E-state index contributed by atoms with van der Waals surface area (Å²) < 4.78 is 33.8. The number of hydrogen-bond acceptors (Lipinski definition) is 4. The van der Waals surface area contributed by atoms with Crippen molar-refractivity contribution in [2.75, 3.05) is 0 Å². The van der Waals surface area contributed by atoms with Gasteiger partial charge in [-0.05, 0) is 32.1 Å². The summed E-state index contributed by atoms with van der Waals surface area (Å²) in [5.74, 6) is 0. The zero-order valence-corrected chi connectivity index (χ0v) is 17.5. The van der Waals surface area contributed by atoms with E-state index in [1.54, 1.807) is 0 Å². The quantitative estimate of drug-likeness (QED) is 0.290. The van der Waals surface area contributed by atoms with Gasteiger partial charge in [-0.25, -0.2) is 8.42 Å². The second kappa shape index (κ2) is 15.4. The summed E-state index contributed by atoms with van der Waals surface area (Å²) in [7, 11) is -4.20. The van der Waals surface area contributed by atoms with Gasteiger partial charge in [0, 0.05) is 5.25 Å². The Morgan fingerprint density at radius 1 is 0.818 bits per heavy atom. The van der Waals surface area contributed by atoms with Crippen molar-refractivity contribution in [3.63, 3.8) is 0 Å². The number of aliphatic hydroxyl groups excluding tert-OH is 1. The van der Waals surface area contributed by atoms with E-state index in [-0.39, 0.29) is 35.7 Å². The molecule has 0 aliphatic heterocycles. The van der Waals surface area contributed by atoms with Crippen LogP contribution in [0.25, 0.3) is 0 Å². The van der Waals surface area contributed by atoms with Gasteiger partial charge >= 0.3 is 29.6 Å². The molecule has 0 aromatic heterocycles. The zero-order valence-electron chi connectivity index (χ0n) is 14.7. The average Bonchev–Trinajstić information content (AvgIpc) is 2.40. The minimum absolute atomic E-state index is 0. The minimum atomic E-state index is -4.20. The van der Waals surface area contributed by atoms with Gasteiger partial charge in [0.15, 0.2) is 0 Å². The first-order chi connectivity index (χ1) is 9.91. The molecule has 22 heavy (non-hydrogen) atoms. The van der Waals surface area contributed by atoms with E-state index >= 15 is 0 Å². The van der Waals surface area contributed by atoms with E-state index in [1.165, 1.54) is 0 Å². The predicted molar refractivity (Wildman–Crippen MR) is 86.2 cm³/mol. The van der Waals surface area contributed by atoms with Gasteiger partial charge in [-0.3, -0.25) is 0 Å². The van der Waals surface area contributed by atoms with Gasteiger partial charge in [-0.1, -0.05) is 58.8 Å². The van der Waals surface area contributed by atoms with Crippen molar-refractivity contribution >= 4 is 10.1 Å². The fourth-order valence-electron chi connectivity index (χ4n) is 2.59. The fraction of sp³-hybridized carbons (Fsp3) is 1.00. The first-order valence-corrected chi connectivity index (χ1v) is 10.0. The van der Waals surface area contributed by atoms with Crippen LogP contribution in [0.2, 0.25) is 0 Å². The second-order valence-corrected chi connectivity index (χ2v) is 7.70. The number of hydrogen-bond donors (Lipinski definition) is 1. The first-order valence-electron chi connectivity index (χ1n) is 8.54. The molecule has 0 spiro atoms. The topological polar surface area (TPSA) is 77.4 Å². The van der Waals surface area contributed by atoms with Crippen molar-refractivity contribution in [1.82, 2.24) is 0 Å². The summed E-state index contributed by atoms with van der Waals surface area (Å²) in [6, 6.07) is 0. The fourth-order valence-corrected chi connectivity index (χ4v) is 3.50. The van der Waals surface area contributed by atoms with Gasteiger partial charge in [-0.15, -0.1) is 0 Å². The summed E-state index contributed by atoms with van der Waals surface area (Å²) in [6.45, 7) is 4.22. The Hall–Kier alpha value is 0.870. The van der Waals surface area contributed by atoms with E-state index < -0.39 is 15.4 Å². The Kier molecular flexibility index (Phi) is 17.6. The molecule has 1 N–H and O–H groups in total. The van der Waals surface area contributed by atoms with Crippen LogP contribution in [-0.4, -0.2) is 29.4 Å². The smallest absolute Gasteiger partial charge is 0.748 e. The van der Waals surface area contributed by atoms with Crippen molar-refractivity contribution in [3.05, 3.63) is 0 Å². The first kappa shape index (κ1) is 25.1. The van der Waals surface area contributed by atoms with Crippen LogP contribution in [0.5, 0.6) is 0 Å². The molecule has 2 atom stereocenters. The van der Waals surface area contributed by atoms with Crippen molar-refractivity contribution in [3.8, 4) is 0 Å².